The summed E-state index contributed by atoms with van der Waals surface area (Å²) in [5.41, 5.74) is 3.74. The lowest BCUT2D eigenvalue weighted by molar-refractivity contribution is -0.115. The van der Waals surface area contributed by atoms with E-state index in [1.54, 1.807) is 12.1 Å². The molecule has 0 aliphatic carbocycles. The highest BCUT2D eigenvalue weighted by Crippen LogP contribution is 2.45. The molecular weight excluding hydrogens is 388 g/mol. The van der Waals surface area contributed by atoms with Crippen LogP contribution in [0.15, 0.2) is 48.5 Å². The molecule has 28 heavy (non-hydrogen) atoms. The van der Waals surface area contributed by atoms with Gasteiger partial charge < -0.3 is 10.6 Å². The predicted molar refractivity (Wildman–Crippen MR) is 120 cm³/mol. The average molecular weight is 415 g/mol. The lowest BCUT2D eigenvalue weighted by Crippen LogP contribution is -2.32. The highest BCUT2D eigenvalue weighted by molar-refractivity contribution is 8.19. The van der Waals surface area contributed by atoms with E-state index in [2.05, 4.69) is 37.5 Å². The fraction of sp³-hybridized carbons (Fsp3) is 0.364. The van der Waals surface area contributed by atoms with Gasteiger partial charge in [0.15, 0.2) is 0 Å². The molecule has 1 saturated heterocycles. The normalized spacial score (nSPS) is 14.7. The first-order valence-electron chi connectivity index (χ1n) is 9.35. The van der Waals surface area contributed by atoms with Gasteiger partial charge in [0.25, 0.3) is 5.91 Å². The number of hydrogen-bond donors (Lipinski definition) is 2. The summed E-state index contributed by atoms with van der Waals surface area (Å²) >= 11 is 3.86. The monoisotopic (exact) mass is 414 g/mol. The fourth-order valence-electron chi connectivity index (χ4n) is 2.90. The summed E-state index contributed by atoms with van der Waals surface area (Å²) in [5.74, 6) is 1.84. The SMILES string of the molecule is CC(C)(C)c1ccc(C(=O)NCC(=O)Nc2cccc(C3SCCS3)c2)cc1. The Kier molecular flexibility index (Phi) is 6.73. The van der Waals surface area contributed by atoms with Gasteiger partial charge in [-0.1, -0.05) is 45.0 Å². The number of benzene rings is 2. The Hall–Kier alpha value is -1.92. The van der Waals surface area contributed by atoms with Crippen molar-refractivity contribution in [1.82, 2.24) is 5.32 Å². The number of rotatable bonds is 5. The van der Waals surface area contributed by atoms with Gasteiger partial charge in [-0.05, 0) is 40.8 Å². The van der Waals surface area contributed by atoms with Crippen LogP contribution in [0.2, 0.25) is 0 Å². The summed E-state index contributed by atoms with van der Waals surface area (Å²) in [6.07, 6.45) is 0. The van der Waals surface area contributed by atoms with E-state index in [4.69, 9.17) is 0 Å². The van der Waals surface area contributed by atoms with Gasteiger partial charge in [-0.2, -0.15) is 0 Å². The van der Waals surface area contributed by atoms with E-state index >= 15 is 0 Å². The van der Waals surface area contributed by atoms with Crippen LogP contribution in [0.5, 0.6) is 0 Å². The van der Waals surface area contributed by atoms with E-state index in [1.807, 2.05) is 53.9 Å². The quantitative estimate of drug-likeness (QED) is 0.736. The molecule has 0 bridgehead atoms. The average Bonchev–Trinajstić information content (AvgIpc) is 3.20. The van der Waals surface area contributed by atoms with E-state index in [0.717, 1.165) is 17.2 Å². The minimum atomic E-state index is -0.247. The maximum atomic E-state index is 12.3. The molecule has 2 aromatic rings. The Morgan fingerprint density at radius 3 is 2.36 bits per heavy atom. The highest BCUT2D eigenvalue weighted by Gasteiger charge is 2.19. The standard InChI is InChI=1S/C22H26N2O2S2/c1-22(2,3)17-9-7-15(8-10-17)20(26)23-14-19(25)24-18-6-4-5-16(13-18)21-27-11-12-28-21/h4-10,13,21H,11-12,14H2,1-3H3,(H,23,26)(H,24,25). The molecule has 1 aliphatic rings. The number of carbonyl (C=O) groups is 2. The number of thioether (sulfide) groups is 2. The van der Waals surface area contributed by atoms with Gasteiger partial charge in [-0.15, -0.1) is 23.5 Å². The van der Waals surface area contributed by atoms with Crippen LogP contribution in [0.25, 0.3) is 0 Å². The summed E-state index contributed by atoms with van der Waals surface area (Å²) < 4.78 is 0.438. The zero-order chi connectivity index (χ0) is 20.1. The van der Waals surface area contributed by atoms with E-state index in [-0.39, 0.29) is 23.8 Å². The van der Waals surface area contributed by atoms with Crippen LogP contribution >= 0.6 is 23.5 Å². The lowest BCUT2D eigenvalue weighted by atomic mass is 9.87. The first-order chi connectivity index (χ1) is 13.3. The molecular formula is C22H26N2O2S2. The summed E-state index contributed by atoms with van der Waals surface area (Å²) in [6.45, 7) is 6.33. The van der Waals surface area contributed by atoms with Gasteiger partial charge in [-0.25, -0.2) is 0 Å². The Morgan fingerprint density at radius 2 is 1.71 bits per heavy atom. The fourth-order valence-corrected chi connectivity index (χ4v) is 5.74. The number of amides is 2. The molecule has 2 aromatic carbocycles. The molecule has 1 aliphatic heterocycles. The minimum Gasteiger partial charge on any atom is -0.343 e. The predicted octanol–water partition coefficient (Wildman–Crippen LogP) is 4.83. The zero-order valence-corrected chi connectivity index (χ0v) is 18.1. The van der Waals surface area contributed by atoms with Crippen LogP contribution in [0.4, 0.5) is 5.69 Å². The Bertz CT molecular complexity index is 838. The molecule has 1 fully saturated rings. The van der Waals surface area contributed by atoms with Crippen molar-refractivity contribution in [2.45, 2.75) is 30.8 Å². The Labute approximate surface area is 175 Å². The topological polar surface area (TPSA) is 58.2 Å². The number of anilines is 1. The van der Waals surface area contributed by atoms with Crippen molar-refractivity contribution in [2.24, 2.45) is 0 Å². The number of carbonyl (C=O) groups excluding carboxylic acids is 2. The third-order valence-corrected chi connectivity index (χ3v) is 7.59. The van der Waals surface area contributed by atoms with Crippen molar-refractivity contribution in [3.05, 3.63) is 65.2 Å². The maximum Gasteiger partial charge on any atom is 0.251 e. The summed E-state index contributed by atoms with van der Waals surface area (Å²) in [4.78, 5) is 24.5. The number of hydrogen-bond acceptors (Lipinski definition) is 4. The van der Waals surface area contributed by atoms with E-state index in [0.29, 0.717) is 10.1 Å². The smallest absolute Gasteiger partial charge is 0.251 e. The summed E-state index contributed by atoms with van der Waals surface area (Å²) in [5, 5.41) is 5.56. The summed E-state index contributed by atoms with van der Waals surface area (Å²) in [6, 6.07) is 15.5. The van der Waals surface area contributed by atoms with Gasteiger partial charge in [0, 0.05) is 22.8 Å². The second-order valence-corrected chi connectivity index (χ2v) is 10.5. The van der Waals surface area contributed by atoms with Crippen LogP contribution in [0.1, 0.15) is 46.8 Å². The lowest BCUT2D eigenvalue weighted by Gasteiger charge is -2.19. The van der Waals surface area contributed by atoms with Crippen molar-refractivity contribution in [3.63, 3.8) is 0 Å². The van der Waals surface area contributed by atoms with E-state index < -0.39 is 0 Å². The minimum absolute atomic E-state index is 0.0406. The molecule has 0 spiro atoms. The van der Waals surface area contributed by atoms with Crippen molar-refractivity contribution in [1.29, 1.82) is 0 Å². The maximum absolute atomic E-state index is 12.3. The molecule has 148 valence electrons. The molecule has 6 heteroatoms. The second-order valence-electron chi connectivity index (χ2n) is 7.76. The molecule has 1 heterocycles. The Morgan fingerprint density at radius 1 is 1.04 bits per heavy atom. The summed E-state index contributed by atoms with van der Waals surface area (Å²) in [7, 11) is 0. The molecule has 0 unspecified atom stereocenters. The molecule has 2 amide bonds. The first-order valence-corrected chi connectivity index (χ1v) is 11.4. The molecule has 0 saturated carbocycles. The molecule has 4 nitrogen and oxygen atoms in total. The van der Waals surface area contributed by atoms with Gasteiger partial charge in [0.05, 0.1) is 11.1 Å². The van der Waals surface area contributed by atoms with Crippen molar-refractivity contribution in [3.8, 4) is 0 Å². The van der Waals surface area contributed by atoms with Crippen molar-refractivity contribution >= 4 is 41.0 Å². The van der Waals surface area contributed by atoms with E-state index in [1.165, 1.54) is 11.1 Å². The molecule has 0 atom stereocenters. The Balaban J connectivity index is 1.52. The molecule has 0 aromatic heterocycles. The van der Waals surface area contributed by atoms with Gasteiger partial charge in [0.1, 0.15) is 0 Å². The van der Waals surface area contributed by atoms with Crippen molar-refractivity contribution in [2.75, 3.05) is 23.4 Å². The van der Waals surface area contributed by atoms with Gasteiger partial charge in [0.2, 0.25) is 5.91 Å². The van der Waals surface area contributed by atoms with Crippen LogP contribution in [-0.4, -0.2) is 29.9 Å². The van der Waals surface area contributed by atoms with Crippen LogP contribution in [0, 0.1) is 0 Å². The van der Waals surface area contributed by atoms with Crippen LogP contribution < -0.4 is 10.6 Å². The number of nitrogens with one attached hydrogen (secondary N) is 2. The third-order valence-electron chi connectivity index (χ3n) is 4.49. The van der Waals surface area contributed by atoms with Crippen LogP contribution in [0.3, 0.4) is 0 Å². The molecule has 3 rings (SSSR count). The first kappa shape index (κ1) is 20.8. The van der Waals surface area contributed by atoms with Crippen LogP contribution in [-0.2, 0) is 10.2 Å². The second kappa shape index (κ2) is 9.05. The third kappa shape index (κ3) is 5.55. The van der Waals surface area contributed by atoms with E-state index in [9.17, 15) is 9.59 Å². The largest absolute Gasteiger partial charge is 0.343 e. The molecule has 0 radical (unpaired) electrons. The zero-order valence-electron chi connectivity index (χ0n) is 16.5. The van der Waals surface area contributed by atoms with Gasteiger partial charge >= 0.3 is 0 Å². The highest BCUT2D eigenvalue weighted by atomic mass is 32.2. The van der Waals surface area contributed by atoms with Gasteiger partial charge in [-0.3, -0.25) is 9.59 Å². The molecule has 2 N–H and O–H groups in total. The van der Waals surface area contributed by atoms with Crippen molar-refractivity contribution < 1.29 is 9.59 Å².